The largest absolute Gasteiger partial charge is 0.496 e. The van der Waals surface area contributed by atoms with Gasteiger partial charge in [-0.15, -0.1) is 0 Å². The quantitative estimate of drug-likeness (QED) is 0.723. The van der Waals surface area contributed by atoms with Gasteiger partial charge in [-0.05, 0) is 68.1 Å². The summed E-state index contributed by atoms with van der Waals surface area (Å²) < 4.78 is 11.4. The zero-order chi connectivity index (χ0) is 16.0. The molecule has 0 aliphatic rings. The standard InChI is InChI=1S/C9H11BrO.C9H12O/c1-6-5-9(11-3)7(2)4-8(6)10;1-7-4-5-8(2)9(6-7)10-3/h4-5H,1-3H3;4-6H,1-3H3. The van der Waals surface area contributed by atoms with E-state index in [4.69, 9.17) is 9.47 Å². The van der Waals surface area contributed by atoms with E-state index in [1.54, 1.807) is 14.2 Å². The lowest BCUT2D eigenvalue weighted by atomic mass is 10.1. The highest BCUT2D eigenvalue weighted by atomic mass is 79.9. The van der Waals surface area contributed by atoms with Gasteiger partial charge >= 0.3 is 0 Å². The molecular weight excluding hydrogens is 328 g/mol. The Labute approximate surface area is 136 Å². The molecule has 0 spiro atoms. The SMILES string of the molecule is COc1cc(C)c(Br)cc1C.COc1cc(C)ccc1C. The third-order valence-corrected chi connectivity index (χ3v) is 4.09. The first-order valence-electron chi connectivity index (χ1n) is 6.81. The average Bonchev–Trinajstić information content (AvgIpc) is 2.46. The van der Waals surface area contributed by atoms with Crippen LogP contribution in [0.2, 0.25) is 0 Å². The summed E-state index contributed by atoms with van der Waals surface area (Å²) in [5, 5.41) is 0. The summed E-state index contributed by atoms with van der Waals surface area (Å²) in [5.74, 6) is 1.92. The molecule has 0 unspecified atom stereocenters. The van der Waals surface area contributed by atoms with Crippen molar-refractivity contribution >= 4 is 15.9 Å². The second kappa shape index (κ2) is 8.08. The minimum atomic E-state index is 0.950. The number of hydrogen-bond donors (Lipinski definition) is 0. The molecule has 0 heterocycles. The molecule has 0 amide bonds. The summed E-state index contributed by atoms with van der Waals surface area (Å²) in [6.07, 6.45) is 0. The normalized spacial score (nSPS) is 9.67. The van der Waals surface area contributed by atoms with Crippen LogP contribution in [0.5, 0.6) is 11.5 Å². The van der Waals surface area contributed by atoms with E-state index in [1.165, 1.54) is 16.7 Å². The van der Waals surface area contributed by atoms with Gasteiger partial charge in [0.25, 0.3) is 0 Å². The van der Waals surface area contributed by atoms with Gasteiger partial charge in [0, 0.05) is 4.47 Å². The van der Waals surface area contributed by atoms with Crippen LogP contribution in [0.15, 0.2) is 34.8 Å². The molecule has 21 heavy (non-hydrogen) atoms. The molecule has 2 aromatic carbocycles. The van der Waals surface area contributed by atoms with Gasteiger partial charge in [0.2, 0.25) is 0 Å². The van der Waals surface area contributed by atoms with Crippen molar-refractivity contribution in [3.05, 3.63) is 57.1 Å². The molecule has 0 aliphatic carbocycles. The molecule has 0 aromatic heterocycles. The molecule has 0 bridgehead atoms. The Hall–Kier alpha value is -1.48. The zero-order valence-electron chi connectivity index (χ0n) is 13.6. The molecule has 2 rings (SSSR count). The molecular formula is C18H23BrO2. The van der Waals surface area contributed by atoms with Crippen LogP contribution in [0, 0.1) is 27.7 Å². The lowest BCUT2D eigenvalue weighted by molar-refractivity contribution is 0.411. The molecule has 0 fully saturated rings. The minimum absolute atomic E-state index is 0.950. The molecule has 0 aliphatic heterocycles. The summed E-state index contributed by atoms with van der Waals surface area (Å²) in [6, 6.07) is 10.3. The van der Waals surface area contributed by atoms with E-state index in [9.17, 15) is 0 Å². The minimum Gasteiger partial charge on any atom is -0.496 e. The fourth-order valence-electron chi connectivity index (χ4n) is 1.90. The van der Waals surface area contributed by atoms with Crippen molar-refractivity contribution in [2.75, 3.05) is 14.2 Å². The first kappa shape index (κ1) is 17.6. The molecule has 0 radical (unpaired) electrons. The highest BCUT2D eigenvalue weighted by molar-refractivity contribution is 9.10. The van der Waals surface area contributed by atoms with E-state index in [2.05, 4.69) is 41.1 Å². The molecule has 114 valence electrons. The van der Waals surface area contributed by atoms with Gasteiger partial charge in [0.15, 0.2) is 0 Å². The summed E-state index contributed by atoms with van der Waals surface area (Å²) in [5.41, 5.74) is 4.79. The molecule has 0 saturated carbocycles. The van der Waals surface area contributed by atoms with Crippen molar-refractivity contribution in [3.8, 4) is 11.5 Å². The second-order valence-electron chi connectivity index (χ2n) is 5.04. The fraction of sp³-hybridized carbons (Fsp3) is 0.333. The van der Waals surface area contributed by atoms with Gasteiger partial charge < -0.3 is 9.47 Å². The van der Waals surface area contributed by atoms with Gasteiger partial charge in [-0.3, -0.25) is 0 Å². The molecule has 3 heteroatoms. The van der Waals surface area contributed by atoms with Gasteiger partial charge in [-0.25, -0.2) is 0 Å². The molecule has 2 nitrogen and oxygen atoms in total. The van der Waals surface area contributed by atoms with Gasteiger partial charge in [0.05, 0.1) is 14.2 Å². The van der Waals surface area contributed by atoms with E-state index < -0.39 is 0 Å². The molecule has 0 saturated heterocycles. The molecule has 0 N–H and O–H groups in total. The van der Waals surface area contributed by atoms with Crippen LogP contribution in [0.3, 0.4) is 0 Å². The Morgan fingerprint density at radius 1 is 0.714 bits per heavy atom. The monoisotopic (exact) mass is 350 g/mol. The summed E-state index contributed by atoms with van der Waals surface area (Å²) in [6.45, 7) is 8.18. The van der Waals surface area contributed by atoms with E-state index in [1.807, 2.05) is 32.9 Å². The third kappa shape index (κ3) is 5.09. The number of ether oxygens (including phenoxy) is 2. The highest BCUT2D eigenvalue weighted by Crippen LogP contribution is 2.25. The first-order chi connectivity index (χ1) is 9.88. The average molecular weight is 351 g/mol. The summed E-state index contributed by atoms with van der Waals surface area (Å²) in [4.78, 5) is 0. The van der Waals surface area contributed by atoms with Crippen LogP contribution in [-0.2, 0) is 0 Å². The number of benzene rings is 2. The lowest BCUT2D eigenvalue weighted by Gasteiger charge is -2.06. The van der Waals surface area contributed by atoms with Crippen LogP contribution in [0.25, 0.3) is 0 Å². The first-order valence-corrected chi connectivity index (χ1v) is 7.60. The van der Waals surface area contributed by atoms with Gasteiger partial charge in [-0.2, -0.15) is 0 Å². The van der Waals surface area contributed by atoms with E-state index in [0.29, 0.717) is 0 Å². The van der Waals surface area contributed by atoms with Crippen LogP contribution in [-0.4, -0.2) is 14.2 Å². The Kier molecular flexibility index (Phi) is 6.76. The predicted octanol–water partition coefficient (Wildman–Crippen LogP) is 5.39. The Morgan fingerprint density at radius 3 is 1.81 bits per heavy atom. The fourth-order valence-corrected chi connectivity index (χ4v) is 2.36. The van der Waals surface area contributed by atoms with Crippen molar-refractivity contribution < 1.29 is 9.47 Å². The van der Waals surface area contributed by atoms with E-state index in [0.717, 1.165) is 21.5 Å². The van der Waals surface area contributed by atoms with Gasteiger partial charge in [-0.1, -0.05) is 28.1 Å². The van der Waals surface area contributed by atoms with Gasteiger partial charge in [0.1, 0.15) is 11.5 Å². The van der Waals surface area contributed by atoms with Crippen molar-refractivity contribution in [2.45, 2.75) is 27.7 Å². The van der Waals surface area contributed by atoms with E-state index >= 15 is 0 Å². The smallest absolute Gasteiger partial charge is 0.122 e. The number of methoxy groups -OCH3 is 2. The van der Waals surface area contributed by atoms with Crippen LogP contribution in [0.4, 0.5) is 0 Å². The molecule has 0 atom stereocenters. The van der Waals surface area contributed by atoms with Crippen molar-refractivity contribution in [2.24, 2.45) is 0 Å². The van der Waals surface area contributed by atoms with E-state index in [-0.39, 0.29) is 0 Å². The predicted molar refractivity (Wildman–Crippen MR) is 92.6 cm³/mol. The zero-order valence-corrected chi connectivity index (χ0v) is 15.2. The Morgan fingerprint density at radius 2 is 1.29 bits per heavy atom. The van der Waals surface area contributed by atoms with Crippen LogP contribution >= 0.6 is 15.9 Å². The lowest BCUT2D eigenvalue weighted by Crippen LogP contribution is -1.88. The number of hydrogen-bond acceptors (Lipinski definition) is 2. The highest BCUT2D eigenvalue weighted by Gasteiger charge is 2.01. The van der Waals surface area contributed by atoms with Crippen molar-refractivity contribution in [1.29, 1.82) is 0 Å². The molecule has 2 aromatic rings. The maximum Gasteiger partial charge on any atom is 0.122 e. The summed E-state index contributed by atoms with van der Waals surface area (Å²) >= 11 is 3.45. The van der Waals surface area contributed by atoms with Crippen LogP contribution < -0.4 is 9.47 Å². The maximum atomic E-state index is 5.16. The van der Waals surface area contributed by atoms with Crippen LogP contribution in [0.1, 0.15) is 22.3 Å². The summed E-state index contributed by atoms with van der Waals surface area (Å²) in [7, 11) is 3.39. The number of aryl methyl sites for hydroxylation is 4. The number of halogens is 1. The Balaban J connectivity index is 0.000000211. The van der Waals surface area contributed by atoms with Crippen molar-refractivity contribution in [1.82, 2.24) is 0 Å². The second-order valence-corrected chi connectivity index (χ2v) is 5.90. The topological polar surface area (TPSA) is 18.5 Å². The maximum absolute atomic E-state index is 5.16. The number of rotatable bonds is 2. The third-order valence-electron chi connectivity index (χ3n) is 3.24. The Bertz CT molecular complexity index is 606. The van der Waals surface area contributed by atoms with Crippen molar-refractivity contribution in [3.63, 3.8) is 0 Å².